The molecule has 1 atom stereocenters. The lowest BCUT2D eigenvalue weighted by molar-refractivity contribution is -0.118. The van der Waals surface area contributed by atoms with E-state index in [9.17, 15) is 4.79 Å². The summed E-state index contributed by atoms with van der Waals surface area (Å²) in [5.74, 6) is 0.310. The average molecular weight is 344 g/mol. The van der Waals surface area contributed by atoms with E-state index >= 15 is 0 Å². The fourth-order valence-electron chi connectivity index (χ4n) is 2.29. The molecule has 0 aliphatic heterocycles. The zero-order valence-corrected chi connectivity index (χ0v) is 15.3. The molecule has 124 valence electrons. The first-order chi connectivity index (χ1) is 10.0. The molecule has 0 N–H and O–H groups in total. The molecule has 22 heavy (non-hydrogen) atoms. The van der Waals surface area contributed by atoms with Crippen LogP contribution in [0.2, 0.25) is 5.02 Å². The van der Waals surface area contributed by atoms with Crippen LogP contribution in [0.1, 0.15) is 38.2 Å². The Labute approximate surface area is 145 Å². The molecular weight excluding hydrogens is 317 g/mol. The smallest absolute Gasteiger partial charge is 0.160 e. The third-order valence-electron chi connectivity index (χ3n) is 3.45. The number of nitrogens with zero attached hydrogens (tertiary/aromatic N) is 1. The van der Waals surface area contributed by atoms with Crippen molar-refractivity contribution in [2.24, 2.45) is 5.92 Å². The largest absolute Gasteiger partial charge is 0.309 e. The highest BCUT2D eigenvalue weighted by Crippen LogP contribution is 2.15. The molecule has 4 heteroatoms. The number of unbranched alkanes of at least 4 members (excludes halogenated alkanes) is 2. The van der Waals surface area contributed by atoms with Crippen LogP contribution in [0.3, 0.4) is 0 Å². The van der Waals surface area contributed by atoms with Gasteiger partial charge in [0.15, 0.2) is 5.78 Å². The molecule has 0 amide bonds. The van der Waals surface area contributed by atoms with Gasteiger partial charge in [-0.05, 0) is 44.3 Å². The Morgan fingerprint density at radius 1 is 1.23 bits per heavy atom. The minimum Gasteiger partial charge on any atom is -0.309 e. The van der Waals surface area contributed by atoms with Crippen LogP contribution >= 0.6 is 24.0 Å². The van der Waals surface area contributed by atoms with Crippen molar-refractivity contribution in [3.8, 4) is 0 Å². The molecule has 1 aromatic carbocycles. The average Bonchev–Trinajstić information content (AvgIpc) is 2.45. The maximum Gasteiger partial charge on any atom is 0.160 e. The van der Waals surface area contributed by atoms with Crippen molar-refractivity contribution in [1.82, 2.24) is 4.90 Å². The molecule has 0 aromatic heterocycles. The first-order valence-corrected chi connectivity index (χ1v) is 8.03. The molecule has 1 unspecified atom stereocenters. The van der Waals surface area contributed by atoms with E-state index in [2.05, 4.69) is 11.8 Å². The molecule has 0 radical (unpaired) electrons. The molecule has 0 spiro atoms. The highest BCUT2D eigenvalue weighted by molar-refractivity contribution is 6.30. The molecular formula is C18H27Cl2NO. The number of ketones is 1. The third-order valence-corrected chi connectivity index (χ3v) is 3.71. The Morgan fingerprint density at radius 3 is 2.41 bits per heavy atom. The SMILES string of the molecule is CCCCCC(CN(C)C)C(=O)/C=C/c1ccc(Cl)cc1.Cl. The lowest BCUT2D eigenvalue weighted by Crippen LogP contribution is -2.27. The van der Waals surface area contributed by atoms with Crippen LogP contribution in [0.5, 0.6) is 0 Å². The van der Waals surface area contributed by atoms with Gasteiger partial charge in [-0.15, -0.1) is 12.4 Å². The number of hydrogen-bond donors (Lipinski definition) is 0. The van der Waals surface area contributed by atoms with Crippen molar-refractivity contribution < 1.29 is 4.79 Å². The Kier molecular flexibility index (Phi) is 11.3. The second kappa shape index (κ2) is 11.7. The zero-order chi connectivity index (χ0) is 15.7. The summed E-state index contributed by atoms with van der Waals surface area (Å²) in [4.78, 5) is 14.5. The normalized spacial score (nSPS) is 12.4. The quantitative estimate of drug-likeness (QED) is 0.459. The van der Waals surface area contributed by atoms with Crippen molar-refractivity contribution in [2.45, 2.75) is 32.6 Å². The lowest BCUT2D eigenvalue weighted by Gasteiger charge is -2.18. The van der Waals surface area contributed by atoms with Crippen LogP contribution in [-0.4, -0.2) is 31.3 Å². The van der Waals surface area contributed by atoms with Crippen LogP contribution in [0, 0.1) is 5.92 Å². The van der Waals surface area contributed by atoms with Crippen LogP contribution in [0.4, 0.5) is 0 Å². The Bertz CT molecular complexity index is 455. The van der Waals surface area contributed by atoms with Gasteiger partial charge >= 0.3 is 0 Å². The van der Waals surface area contributed by atoms with Gasteiger partial charge in [0.1, 0.15) is 0 Å². The summed E-state index contributed by atoms with van der Waals surface area (Å²) < 4.78 is 0. The Balaban J connectivity index is 0.00000441. The van der Waals surface area contributed by atoms with E-state index < -0.39 is 0 Å². The molecule has 0 saturated carbocycles. The van der Waals surface area contributed by atoms with Crippen LogP contribution < -0.4 is 0 Å². The lowest BCUT2D eigenvalue weighted by atomic mass is 9.95. The summed E-state index contributed by atoms with van der Waals surface area (Å²) in [6, 6.07) is 7.52. The van der Waals surface area contributed by atoms with E-state index in [4.69, 9.17) is 11.6 Å². The number of rotatable bonds is 9. The van der Waals surface area contributed by atoms with Crippen molar-refractivity contribution >= 4 is 35.9 Å². The highest BCUT2D eigenvalue weighted by Gasteiger charge is 2.16. The number of hydrogen-bond acceptors (Lipinski definition) is 2. The van der Waals surface area contributed by atoms with E-state index in [-0.39, 0.29) is 24.1 Å². The van der Waals surface area contributed by atoms with Gasteiger partial charge in [0, 0.05) is 17.5 Å². The summed E-state index contributed by atoms with van der Waals surface area (Å²) in [5.41, 5.74) is 1.00. The molecule has 0 saturated heterocycles. The van der Waals surface area contributed by atoms with Crippen molar-refractivity contribution in [1.29, 1.82) is 0 Å². The number of halogens is 2. The molecule has 0 heterocycles. The van der Waals surface area contributed by atoms with Gasteiger partial charge in [-0.1, -0.05) is 56.0 Å². The molecule has 0 aliphatic rings. The van der Waals surface area contributed by atoms with Crippen molar-refractivity contribution in [3.05, 3.63) is 40.9 Å². The van der Waals surface area contributed by atoms with Gasteiger partial charge in [0.05, 0.1) is 0 Å². The topological polar surface area (TPSA) is 20.3 Å². The van der Waals surface area contributed by atoms with Gasteiger partial charge in [-0.2, -0.15) is 0 Å². The van der Waals surface area contributed by atoms with E-state index in [1.807, 2.05) is 44.4 Å². The molecule has 0 aliphatic carbocycles. The molecule has 1 aromatic rings. The van der Waals surface area contributed by atoms with Crippen molar-refractivity contribution in [3.63, 3.8) is 0 Å². The summed E-state index contributed by atoms with van der Waals surface area (Å²) in [6.07, 6.45) is 8.05. The van der Waals surface area contributed by atoms with Crippen LogP contribution in [0.15, 0.2) is 30.3 Å². The minimum absolute atomic E-state index is 0. The number of allylic oxidation sites excluding steroid dienone is 1. The van der Waals surface area contributed by atoms with E-state index in [0.29, 0.717) is 5.02 Å². The standard InChI is InChI=1S/C18H26ClNO.ClH/c1-4-5-6-7-16(14-20(2)3)18(21)13-10-15-8-11-17(19)12-9-15;/h8-13,16H,4-7,14H2,1-3H3;1H/b13-10+;. The Morgan fingerprint density at radius 2 is 1.86 bits per heavy atom. The Hall–Kier alpha value is -0.830. The minimum atomic E-state index is 0. The predicted octanol–water partition coefficient (Wildman–Crippen LogP) is 5.10. The maximum atomic E-state index is 12.4. The number of carbonyl (C=O) groups excluding carboxylic acids is 1. The van der Waals surface area contributed by atoms with E-state index in [0.717, 1.165) is 24.9 Å². The van der Waals surface area contributed by atoms with Crippen LogP contribution in [-0.2, 0) is 4.79 Å². The monoisotopic (exact) mass is 343 g/mol. The summed E-state index contributed by atoms with van der Waals surface area (Å²) in [5, 5.41) is 0.712. The maximum absolute atomic E-state index is 12.4. The predicted molar refractivity (Wildman–Crippen MR) is 98.9 cm³/mol. The van der Waals surface area contributed by atoms with Gasteiger partial charge in [0.2, 0.25) is 0 Å². The number of benzene rings is 1. The van der Waals surface area contributed by atoms with Crippen LogP contribution in [0.25, 0.3) is 6.08 Å². The second-order valence-corrected chi connectivity index (χ2v) is 6.18. The van der Waals surface area contributed by atoms with Gasteiger partial charge < -0.3 is 4.90 Å². The second-order valence-electron chi connectivity index (χ2n) is 5.74. The van der Waals surface area contributed by atoms with Gasteiger partial charge in [-0.3, -0.25) is 4.79 Å². The van der Waals surface area contributed by atoms with Gasteiger partial charge in [-0.25, -0.2) is 0 Å². The summed E-state index contributed by atoms with van der Waals surface area (Å²) >= 11 is 5.86. The highest BCUT2D eigenvalue weighted by atomic mass is 35.5. The zero-order valence-electron chi connectivity index (χ0n) is 13.7. The van der Waals surface area contributed by atoms with Gasteiger partial charge in [0.25, 0.3) is 0 Å². The summed E-state index contributed by atoms with van der Waals surface area (Å²) in [7, 11) is 4.03. The summed E-state index contributed by atoms with van der Waals surface area (Å²) in [6.45, 7) is 3.00. The third kappa shape index (κ3) is 8.57. The molecule has 0 fully saturated rings. The van der Waals surface area contributed by atoms with E-state index in [1.165, 1.54) is 12.8 Å². The van der Waals surface area contributed by atoms with Crippen molar-refractivity contribution in [2.75, 3.05) is 20.6 Å². The number of carbonyl (C=O) groups is 1. The molecule has 0 bridgehead atoms. The fourth-order valence-corrected chi connectivity index (χ4v) is 2.42. The fraction of sp³-hybridized carbons (Fsp3) is 0.500. The van der Waals surface area contributed by atoms with E-state index in [1.54, 1.807) is 6.08 Å². The first-order valence-electron chi connectivity index (χ1n) is 7.65. The first kappa shape index (κ1) is 21.2. The molecule has 1 rings (SSSR count). The molecule has 2 nitrogen and oxygen atoms in total.